The summed E-state index contributed by atoms with van der Waals surface area (Å²) >= 11 is 5.87. The van der Waals surface area contributed by atoms with Crippen LogP contribution in [0.15, 0.2) is 41.3 Å². The van der Waals surface area contributed by atoms with Crippen molar-refractivity contribution in [2.75, 3.05) is 25.0 Å². The zero-order chi connectivity index (χ0) is 23.2. The van der Waals surface area contributed by atoms with E-state index in [0.717, 1.165) is 0 Å². The molecule has 31 heavy (non-hydrogen) atoms. The highest BCUT2D eigenvalue weighted by atomic mass is 35.5. The standard InChI is InChI=1S/C21H24ClFN2O5S/c1-4-25(5-2)31(28,29)19-11-15(10-9-14(19)3)24-20(26)13-30-21(27)12-16-17(22)7-6-8-18(16)23/h6-11H,4-5,12-13H2,1-3H3,(H,24,26). The Hall–Kier alpha value is -2.49. The molecule has 1 amide bonds. The highest BCUT2D eigenvalue weighted by molar-refractivity contribution is 7.89. The summed E-state index contributed by atoms with van der Waals surface area (Å²) in [5.41, 5.74) is 0.770. The van der Waals surface area contributed by atoms with E-state index in [1.165, 1.54) is 28.6 Å². The van der Waals surface area contributed by atoms with Crippen LogP contribution in [0.2, 0.25) is 5.02 Å². The van der Waals surface area contributed by atoms with E-state index in [4.69, 9.17) is 16.3 Å². The van der Waals surface area contributed by atoms with Crippen LogP contribution < -0.4 is 5.32 Å². The number of hydrogen-bond donors (Lipinski definition) is 1. The Bertz CT molecular complexity index is 1050. The van der Waals surface area contributed by atoms with Crippen LogP contribution in [0.5, 0.6) is 0 Å². The maximum absolute atomic E-state index is 13.7. The number of hydrogen-bond acceptors (Lipinski definition) is 5. The number of carbonyl (C=O) groups is 2. The predicted molar refractivity (Wildman–Crippen MR) is 116 cm³/mol. The Morgan fingerprint density at radius 2 is 1.84 bits per heavy atom. The number of nitrogens with one attached hydrogen (secondary N) is 1. The van der Waals surface area contributed by atoms with Gasteiger partial charge in [0.1, 0.15) is 5.82 Å². The second-order valence-corrected chi connectivity index (χ2v) is 8.97. The normalized spacial score (nSPS) is 11.4. The first-order chi connectivity index (χ1) is 14.6. The number of halogens is 2. The number of rotatable bonds is 9. The fourth-order valence-corrected chi connectivity index (χ4v) is 4.84. The van der Waals surface area contributed by atoms with Gasteiger partial charge in [-0.15, -0.1) is 0 Å². The van der Waals surface area contributed by atoms with Crippen molar-refractivity contribution >= 4 is 39.2 Å². The molecule has 0 atom stereocenters. The Morgan fingerprint density at radius 3 is 2.45 bits per heavy atom. The largest absolute Gasteiger partial charge is 0.455 e. The lowest BCUT2D eigenvalue weighted by Crippen LogP contribution is -2.31. The minimum absolute atomic E-state index is 0.0145. The maximum atomic E-state index is 13.7. The number of aryl methyl sites for hydroxylation is 1. The van der Waals surface area contributed by atoms with Crippen molar-refractivity contribution in [2.24, 2.45) is 0 Å². The topological polar surface area (TPSA) is 92.8 Å². The second kappa shape index (κ2) is 10.7. The lowest BCUT2D eigenvalue weighted by Gasteiger charge is -2.20. The smallest absolute Gasteiger partial charge is 0.310 e. The van der Waals surface area contributed by atoms with E-state index in [1.807, 2.05) is 0 Å². The zero-order valence-corrected chi connectivity index (χ0v) is 19.0. The quantitative estimate of drug-likeness (QED) is 0.566. The minimum Gasteiger partial charge on any atom is -0.455 e. The van der Waals surface area contributed by atoms with Crippen LogP contribution in [-0.2, 0) is 30.8 Å². The van der Waals surface area contributed by atoms with Gasteiger partial charge in [-0.25, -0.2) is 12.8 Å². The molecule has 2 aromatic carbocycles. The van der Waals surface area contributed by atoms with Crippen molar-refractivity contribution in [1.82, 2.24) is 4.31 Å². The van der Waals surface area contributed by atoms with Crippen molar-refractivity contribution < 1.29 is 27.1 Å². The molecule has 0 saturated heterocycles. The Labute approximate surface area is 186 Å². The summed E-state index contributed by atoms with van der Waals surface area (Å²) in [6.45, 7) is 5.16. The molecule has 1 N–H and O–H groups in total. The van der Waals surface area contributed by atoms with Gasteiger partial charge in [0, 0.05) is 29.4 Å². The highest BCUT2D eigenvalue weighted by Gasteiger charge is 2.24. The molecule has 2 rings (SSSR count). The molecule has 168 valence electrons. The van der Waals surface area contributed by atoms with Gasteiger partial charge in [-0.2, -0.15) is 4.31 Å². The molecule has 7 nitrogen and oxygen atoms in total. The zero-order valence-electron chi connectivity index (χ0n) is 17.4. The first-order valence-corrected chi connectivity index (χ1v) is 11.4. The number of esters is 1. The Morgan fingerprint density at radius 1 is 1.16 bits per heavy atom. The fraction of sp³-hybridized carbons (Fsp3) is 0.333. The first kappa shape index (κ1) is 24.8. The van der Waals surface area contributed by atoms with E-state index < -0.39 is 40.7 Å². The van der Waals surface area contributed by atoms with Crippen LogP contribution in [0.1, 0.15) is 25.0 Å². The SMILES string of the molecule is CCN(CC)S(=O)(=O)c1cc(NC(=O)COC(=O)Cc2c(F)cccc2Cl)ccc1C. The van der Waals surface area contributed by atoms with Crippen molar-refractivity contribution in [3.8, 4) is 0 Å². The van der Waals surface area contributed by atoms with Crippen LogP contribution in [0, 0.1) is 12.7 Å². The maximum Gasteiger partial charge on any atom is 0.310 e. The molecule has 0 radical (unpaired) electrons. The molecule has 2 aromatic rings. The average molecular weight is 471 g/mol. The first-order valence-electron chi connectivity index (χ1n) is 9.59. The molecule has 0 aliphatic heterocycles. The molecular weight excluding hydrogens is 447 g/mol. The number of amides is 1. The molecule has 0 fully saturated rings. The van der Waals surface area contributed by atoms with Crippen LogP contribution >= 0.6 is 11.6 Å². The average Bonchev–Trinajstić information content (AvgIpc) is 2.71. The molecule has 0 aromatic heterocycles. The molecule has 0 heterocycles. The summed E-state index contributed by atoms with van der Waals surface area (Å²) in [6.07, 6.45) is -0.421. The Kier molecular flexibility index (Phi) is 8.55. The van der Waals surface area contributed by atoms with Gasteiger partial charge in [-0.05, 0) is 36.8 Å². The van der Waals surface area contributed by atoms with Gasteiger partial charge in [-0.1, -0.05) is 37.6 Å². The van der Waals surface area contributed by atoms with Gasteiger partial charge in [0.25, 0.3) is 5.91 Å². The molecule has 0 aliphatic carbocycles. The third-order valence-corrected chi connectivity index (χ3v) is 7.09. The number of sulfonamides is 1. The number of nitrogens with zero attached hydrogens (tertiary/aromatic N) is 1. The van der Waals surface area contributed by atoms with Gasteiger partial charge >= 0.3 is 5.97 Å². The lowest BCUT2D eigenvalue weighted by atomic mass is 10.1. The molecule has 0 bridgehead atoms. The summed E-state index contributed by atoms with van der Waals surface area (Å²) in [4.78, 5) is 24.2. The third kappa shape index (κ3) is 6.25. The molecule has 0 unspecified atom stereocenters. The number of carbonyl (C=O) groups excluding carboxylic acids is 2. The van der Waals surface area contributed by atoms with E-state index >= 15 is 0 Å². The van der Waals surface area contributed by atoms with Gasteiger partial charge in [-0.3, -0.25) is 9.59 Å². The van der Waals surface area contributed by atoms with Crippen LogP contribution in [0.25, 0.3) is 0 Å². The Balaban J connectivity index is 2.03. The molecule has 0 aliphatic rings. The summed E-state index contributed by atoms with van der Waals surface area (Å²) in [6, 6.07) is 8.52. The summed E-state index contributed by atoms with van der Waals surface area (Å²) in [5.74, 6) is -2.13. The third-order valence-electron chi connectivity index (χ3n) is 4.54. The van der Waals surface area contributed by atoms with Gasteiger partial charge < -0.3 is 10.1 Å². The monoisotopic (exact) mass is 470 g/mol. The number of ether oxygens (including phenoxy) is 1. The van der Waals surface area contributed by atoms with E-state index in [2.05, 4.69) is 5.32 Å². The van der Waals surface area contributed by atoms with E-state index in [-0.39, 0.29) is 21.2 Å². The van der Waals surface area contributed by atoms with Gasteiger partial charge in [0.15, 0.2) is 6.61 Å². The number of benzene rings is 2. The summed E-state index contributed by atoms with van der Waals surface area (Å²) in [7, 11) is -3.71. The molecule has 0 spiro atoms. The predicted octanol–water partition coefficient (Wildman–Crippen LogP) is 3.54. The van der Waals surface area contributed by atoms with E-state index in [9.17, 15) is 22.4 Å². The van der Waals surface area contributed by atoms with E-state index in [1.54, 1.807) is 32.9 Å². The minimum atomic E-state index is -3.71. The van der Waals surface area contributed by atoms with E-state index in [0.29, 0.717) is 18.7 Å². The van der Waals surface area contributed by atoms with Crippen LogP contribution in [0.3, 0.4) is 0 Å². The second-order valence-electron chi connectivity index (χ2n) is 6.66. The molecule has 10 heteroatoms. The van der Waals surface area contributed by atoms with Crippen LogP contribution in [-0.4, -0.2) is 44.3 Å². The number of anilines is 1. The summed E-state index contributed by atoms with van der Waals surface area (Å²) < 4.78 is 45.5. The van der Waals surface area contributed by atoms with Crippen molar-refractivity contribution in [3.63, 3.8) is 0 Å². The summed E-state index contributed by atoms with van der Waals surface area (Å²) in [5, 5.41) is 2.59. The molecular formula is C21H24ClFN2O5S. The molecule has 0 saturated carbocycles. The van der Waals surface area contributed by atoms with Gasteiger partial charge in [0.05, 0.1) is 11.3 Å². The van der Waals surface area contributed by atoms with Crippen molar-refractivity contribution in [3.05, 3.63) is 58.4 Å². The fourth-order valence-electron chi connectivity index (χ4n) is 2.90. The van der Waals surface area contributed by atoms with Crippen molar-refractivity contribution in [1.29, 1.82) is 0 Å². The highest BCUT2D eigenvalue weighted by Crippen LogP contribution is 2.24. The van der Waals surface area contributed by atoms with Crippen LogP contribution in [0.4, 0.5) is 10.1 Å². The van der Waals surface area contributed by atoms with Crippen molar-refractivity contribution in [2.45, 2.75) is 32.1 Å². The van der Waals surface area contributed by atoms with Gasteiger partial charge in [0.2, 0.25) is 10.0 Å². The lowest BCUT2D eigenvalue weighted by molar-refractivity contribution is -0.146.